The number of fused-ring (bicyclic) bond motifs is 3. The number of aromatic nitrogens is 2. The van der Waals surface area contributed by atoms with Crippen LogP contribution >= 0.6 is 15.9 Å². The SMILES string of the molecule is O=C(Nc1ccc2c(c1)nc1n2CCCCC1)C1CCN(c2ccccc2Br)C1=O. The van der Waals surface area contributed by atoms with Gasteiger partial charge >= 0.3 is 0 Å². The highest BCUT2D eigenvalue weighted by Gasteiger charge is 2.38. The van der Waals surface area contributed by atoms with Crippen LogP contribution in [0.2, 0.25) is 0 Å². The van der Waals surface area contributed by atoms with Crippen LogP contribution in [0.25, 0.3) is 11.0 Å². The van der Waals surface area contributed by atoms with Crippen molar-refractivity contribution in [3.8, 4) is 0 Å². The molecule has 2 aliphatic rings. The Morgan fingerprint density at radius 3 is 2.83 bits per heavy atom. The predicted molar refractivity (Wildman–Crippen MR) is 121 cm³/mol. The van der Waals surface area contributed by atoms with Crippen molar-refractivity contribution in [2.45, 2.75) is 38.6 Å². The fourth-order valence-corrected chi connectivity index (χ4v) is 4.99. The van der Waals surface area contributed by atoms with Gasteiger partial charge in [0.05, 0.1) is 16.7 Å². The number of hydrogen-bond acceptors (Lipinski definition) is 3. The molecule has 154 valence electrons. The van der Waals surface area contributed by atoms with E-state index in [1.165, 1.54) is 19.3 Å². The number of anilines is 2. The second kappa shape index (κ2) is 7.87. The summed E-state index contributed by atoms with van der Waals surface area (Å²) in [5.74, 6) is 0.0383. The van der Waals surface area contributed by atoms with E-state index >= 15 is 0 Å². The van der Waals surface area contributed by atoms with Crippen molar-refractivity contribution in [1.29, 1.82) is 0 Å². The van der Waals surface area contributed by atoms with Crippen LogP contribution in [0.4, 0.5) is 11.4 Å². The molecule has 2 amide bonds. The number of halogens is 1. The molecular weight excluding hydrogens is 444 g/mol. The maximum atomic E-state index is 12.9. The number of carbonyl (C=O) groups excluding carboxylic acids is 2. The van der Waals surface area contributed by atoms with Crippen LogP contribution in [-0.4, -0.2) is 27.9 Å². The highest BCUT2D eigenvalue weighted by Crippen LogP contribution is 2.32. The van der Waals surface area contributed by atoms with Crippen molar-refractivity contribution in [3.05, 3.63) is 52.8 Å². The first kappa shape index (κ1) is 19.3. The molecule has 0 saturated carbocycles. The Hall–Kier alpha value is -2.67. The van der Waals surface area contributed by atoms with Gasteiger partial charge in [-0.05, 0) is 65.5 Å². The number of benzene rings is 2. The molecule has 1 atom stereocenters. The highest BCUT2D eigenvalue weighted by molar-refractivity contribution is 9.10. The third-order valence-electron chi connectivity index (χ3n) is 6.04. The summed E-state index contributed by atoms with van der Waals surface area (Å²) in [5.41, 5.74) is 3.51. The van der Waals surface area contributed by atoms with Crippen LogP contribution in [0.15, 0.2) is 46.9 Å². The molecule has 3 aromatic rings. The van der Waals surface area contributed by atoms with E-state index in [1.54, 1.807) is 4.90 Å². The van der Waals surface area contributed by atoms with E-state index in [2.05, 4.69) is 25.8 Å². The molecular formula is C23H23BrN4O2. The van der Waals surface area contributed by atoms with Gasteiger partial charge in [-0.1, -0.05) is 18.6 Å². The molecule has 1 N–H and O–H groups in total. The van der Waals surface area contributed by atoms with E-state index in [4.69, 9.17) is 4.98 Å². The maximum Gasteiger partial charge on any atom is 0.239 e. The van der Waals surface area contributed by atoms with Crippen LogP contribution in [0.1, 0.15) is 31.5 Å². The van der Waals surface area contributed by atoms with Crippen LogP contribution in [0.5, 0.6) is 0 Å². The second-order valence-electron chi connectivity index (χ2n) is 7.97. The molecule has 1 aromatic heterocycles. The minimum absolute atomic E-state index is 0.158. The van der Waals surface area contributed by atoms with Gasteiger partial charge in [0.2, 0.25) is 11.8 Å². The average molecular weight is 467 g/mol. The van der Waals surface area contributed by atoms with Crippen molar-refractivity contribution in [2.24, 2.45) is 5.92 Å². The number of para-hydroxylation sites is 1. The molecule has 3 heterocycles. The minimum atomic E-state index is -0.675. The number of aryl methyl sites for hydroxylation is 2. The Balaban J connectivity index is 1.33. The summed E-state index contributed by atoms with van der Waals surface area (Å²) in [4.78, 5) is 32.2. The van der Waals surface area contributed by atoms with E-state index in [1.807, 2.05) is 42.5 Å². The topological polar surface area (TPSA) is 67.2 Å². The zero-order chi connectivity index (χ0) is 20.7. The Morgan fingerprint density at radius 2 is 1.97 bits per heavy atom. The molecule has 1 saturated heterocycles. The van der Waals surface area contributed by atoms with E-state index in [-0.39, 0.29) is 11.8 Å². The van der Waals surface area contributed by atoms with Gasteiger partial charge in [-0.2, -0.15) is 0 Å². The fraction of sp³-hybridized carbons (Fsp3) is 0.348. The van der Waals surface area contributed by atoms with Crippen molar-refractivity contribution in [1.82, 2.24) is 9.55 Å². The fourth-order valence-electron chi connectivity index (χ4n) is 4.49. The van der Waals surface area contributed by atoms with Crippen molar-refractivity contribution < 1.29 is 9.59 Å². The molecule has 0 spiro atoms. The van der Waals surface area contributed by atoms with Gasteiger partial charge in [-0.25, -0.2) is 4.98 Å². The summed E-state index contributed by atoms with van der Waals surface area (Å²) in [5, 5.41) is 2.94. The van der Waals surface area contributed by atoms with Gasteiger partial charge < -0.3 is 14.8 Å². The standard InChI is InChI=1S/C23H23BrN4O2/c24-17-6-3-4-7-19(17)28-13-11-16(23(28)30)22(29)25-15-9-10-20-18(14-15)26-21-8-2-1-5-12-27(20)21/h3-4,6-7,9-10,14,16H,1-2,5,8,11-13H2,(H,25,29). The number of hydrogen-bond donors (Lipinski definition) is 1. The summed E-state index contributed by atoms with van der Waals surface area (Å²) in [6.45, 7) is 1.53. The van der Waals surface area contributed by atoms with Gasteiger partial charge in [-0.3, -0.25) is 9.59 Å². The van der Waals surface area contributed by atoms with Crippen molar-refractivity contribution in [2.75, 3.05) is 16.8 Å². The van der Waals surface area contributed by atoms with Gasteiger partial charge in [-0.15, -0.1) is 0 Å². The van der Waals surface area contributed by atoms with E-state index in [9.17, 15) is 9.59 Å². The number of amides is 2. The van der Waals surface area contributed by atoms with Gasteiger partial charge in [0.25, 0.3) is 0 Å². The van der Waals surface area contributed by atoms with Crippen LogP contribution in [0.3, 0.4) is 0 Å². The smallest absolute Gasteiger partial charge is 0.239 e. The van der Waals surface area contributed by atoms with Crippen molar-refractivity contribution in [3.63, 3.8) is 0 Å². The number of nitrogens with zero attached hydrogens (tertiary/aromatic N) is 3. The average Bonchev–Trinajstić information content (AvgIpc) is 3.19. The Morgan fingerprint density at radius 1 is 1.10 bits per heavy atom. The number of nitrogens with one attached hydrogen (secondary N) is 1. The molecule has 7 heteroatoms. The molecule has 5 rings (SSSR count). The lowest BCUT2D eigenvalue weighted by Gasteiger charge is -2.18. The summed E-state index contributed by atoms with van der Waals surface area (Å²) in [7, 11) is 0. The lowest BCUT2D eigenvalue weighted by molar-refractivity contribution is -0.129. The molecule has 1 fully saturated rings. The molecule has 0 bridgehead atoms. The molecule has 6 nitrogen and oxygen atoms in total. The third kappa shape index (κ3) is 3.41. The Kier molecular flexibility index (Phi) is 5.06. The van der Waals surface area contributed by atoms with Gasteiger partial charge in [0, 0.05) is 29.7 Å². The van der Waals surface area contributed by atoms with Crippen LogP contribution in [0, 0.1) is 5.92 Å². The van der Waals surface area contributed by atoms with Crippen molar-refractivity contribution >= 4 is 50.2 Å². The van der Waals surface area contributed by atoms with Gasteiger partial charge in [0.1, 0.15) is 11.7 Å². The van der Waals surface area contributed by atoms with Crippen LogP contribution in [-0.2, 0) is 22.6 Å². The monoisotopic (exact) mass is 466 g/mol. The highest BCUT2D eigenvalue weighted by atomic mass is 79.9. The first-order valence-corrected chi connectivity index (χ1v) is 11.3. The molecule has 0 radical (unpaired) electrons. The number of imidazole rings is 1. The van der Waals surface area contributed by atoms with Crippen LogP contribution < -0.4 is 10.2 Å². The maximum absolute atomic E-state index is 12.9. The largest absolute Gasteiger partial charge is 0.328 e. The zero-order valence-corrected chi connectivity index (χ0v) is 18.2. The summed E-state index contributed by atoms with van der Waals surface area (Å²) < 4.78 is 3.15. The summed E-state index contributed by atoms with van der Waals surface area (Å²) in [6, 6.07) is 13.4. The first-order chi connectivity index (χ1) is 14.6. The molecule has 30 heavy (non-hydrogen) atoms. The summed E-state index contributed by atoms with van der Waals surface area (Å²) in [6.07, 6.45) is 5.09. The molecule has 0 aliphatic carbocycles. The van der Waals surface area contributed by atoms with E-state index in [0.717, 1.165) is 40.0 Å². The lowest BCUT2D eigenvalue weighted by Crippen LogP contribution is -2.33. The molecule has 2 aromatic carbocycles. The normalized spacial score (nSPS) is 19.0. The quantitative estimate of drug-likeness (QED) is 0.577. The Bertz CT molecular complexity index is 1140. The molecule has 2 aliphatic heterocycles. The first-order valence-electron chi connectivity index (χ1n) is 10.5. The second-order valence-corrected chi connectivity index (χ2v) is 8.82. The van der Waals surface area contributed by atoms with E-state index in [0.29, 0.717) is 18.7 Å². The Labute approximate surface area is 183 Å². The predicted octanol–water partition coefficient (Wildman–Crippen LogP) is 4.52. The van der Waals surface area contributed by atoms with Gasteiger partial charge in [0.15, 0.2) is 0 Å². The number of rotatable bonds is 3. The minimum Gasteiger partial charge on any atom is -0.328 e. The number of carbonyl (C=O) groups is 2. The third-order valence-corrected chi connectivity index (χ3v) is 6.71. The zero-order valence-electron chi connectivity index (χ0n) is 16.6. The van der Waals surface area contributed by atoms with E-state index < -0.39 is 5.92 Å². The summed E-state index contributed by atoms with van der Waals surface area (Å²) >= 11 is 3.49. The molecule has 1 unspecified atom stereocenters. The lowest BCUT2D eigenvalue weighted by atomic mass is 10.1.